The van der Waals surface area contributed by atoms with Crippen LogP contribution in [0.25, 0.3) is 0 Å². The van der Waals surface area contributed by atoms with Crippen molar-refractivity contribution in [3.05, 3.63) is 0 Å². The van der Waals surface area contributed by atoms with Crippen LogP contribution in [0.4, 0.5) is 61.5 Å². The van der Waals surface area contributed by atoms with Gasteiger partial charge in [0.05, 0.1) is 39.3 Å². The van der Waals surface area contributed by atoms with Gasteiger partial charge in [0.1, 0.15) is 11.2 Å². The summed E-state index contributed by atoms with van der Waals surface area (Å²) in [5, 5.41) is 0. The molecular weight excluding hydrogens is 482 g/mol. The van der Waals surface area contributed by atoms with Gasteiger partial charge >= 0.3 is 36.0 Å². The van der Waals surface area contributed by atoms with Crippen molar-refractivity contribution in [3.8, 4) is 0 Å². The molecule has 2 unspecified atom stereocenters. The van der Waals surface area contributed by atoms with E-state index >= 15 is 0 Å². The molecule has 0 aromatic rings. The highest BCUT2D eigenvalue weighted by molar-refractivity contribution is 5.05. The SMILES string of the molecule is FC(F)(F)C(F)(F)C(F)(F)CC1(COCC2(CC(F)(F)C(F)(F)C(F)(F)F)CO2)CO1. The number of hydrogen-bond donors (Lipinski definition) is 0. The fourth-order valence-corrected chi connectivity index (χ4v) is 2.55. The van der Waals surface area contributed by atoms with Crippen LogP contribution in [0.1, 0.15) is 12.8 Å². The normalized spacial score (nSPS) is 28.1. The predicted octanol–water partition coefficient (Wildman–Crippen LogP) is 4.99. The lowest BCUT2D eigenvalue weighted by atomic mass is 9.96. The van der Waals surface area contributed by atoms with Gasteiger partial charge in [-0.05, 0) is 0 Å². The van der Waals surface area contributed by atoms with Crippen LogP contribution in [0.15, 0.2) is 0 Å². The highest BCUT2D eigenvalue weighted by Crippen LogP contribution is 2.53. The minimum atomic E-state index is -6.60. The van der Waals surface area contributed by atoms with E-state index in [9.17, 15) is 61.5 Å². The summed E-state index contributed by atoms with van der Waals surface area (Å²) in [7, 11) is 0. The van der Waals surface area contributed by atoms with Crippen molar-refractivity contribution in [2.75, 3.05) is 26.4 Å². The Morgan fingerprint density at radius 1 is 0.548 bits per heavy atom. The van der Waals surface area contributed by atoms with E-state index in [4.69, 9.17) is 0 Å². The van der Waals surface area contributed by atoms with Crippen LogP contribution in [0.5, 0.6) is 0 Å². The molecule has 2 fully saturated rings. The first-order valence-electron chi connectivity index (χ1n) is 8.04. The Hall–Kier alpha value is -1.10. The van der Waals surface area contributed by atoms with Crippen molar-refractivity contribution >= 4 is 0 Å². The summed E-state index contributed by atoms with van der Waals surface area (Å²) in [6.07, 6.45) is -17.6. The van der Waals surface area contributed by atoms with Crippen molar-refractivity contribution < 1.29 is 75.7 Å². The smallest absolute Gasteiger partial charge is 0.375 e. The Labute approximate surface area is 163 Å². The molecule has 184 valence electrons. The second kappa shape index (κ2) is 7.20. The highest BCUT2D eigenvalue weighted by Gasteiger charge is 2.76. The van der Waals surface area contributed by atoms with Crippen LogP contribution >= 0.6 is 0 Å². The monoisotopic (exact) mass is 494 g/mol. The highest BCUT2D eigenvalue weighted by atomic mass is 19.4. The molecular formula is C14H12F14O3. The van der Waals surface area contributed by atoms with Gasteiger partial charge in [0, 0.05) is 0 Å². The number of hydrogen-bond acceptors (Lipinski definition) is 3. The molecule has 17 heteroatoms. The molecule has 2 rings (SSSR count). The quantitative estimate of drug-likeness (QED) is 0.317. The molecule has 0 N–H and O–H groups in total. The maximum atomic E-state index is 13.5. The van der Waals surface area contributed by atoms with Crippen LogP contribution in [-0.2, 0) is 14.2 Å². The molecule has 3 nitrogen and oxygen atoms in total. The van der Waals surface area contributed by atoms with Crippen molar-refractivity contribution in [1.29, 1.82) is 0 Å². The second-order valence-corrected chi connectivity index (χ2v) is 7.34. The van der Waals surface area contributed by atoms with E-state index in [1.54, 1.807) is 0 Å². The Morgan fingerprint density at radius 2 is 0.806 bits per heavy atom. The maximum absolute atomic E-state index is 13.5. The topological polar surface area (TPSA) is 34.3 Å². The largest absolute Gasteiger partial charge is 0.459 e. The van der Waals surface area contributed by atoms with Gasteiger partial charge < -0.3 is 14.2 Å². The summed E-state index contributed by atoms with van der Waals surface area (Å²) in [4.78, 5) is 0. The van der Waals surface area contributed by atoms with Gasteiger partial charge in [0.15, 0.2) is 0 Å². The first-order chi connectivity index (χ1) is 13.5. The minimum Gasteiger partial charge on any atom is -0.375 e. The lowest BCUT2D eigenvalue weighted by molar-refractivity contribution is -0.358. The number of ether oxygens (including phenoxy) is 3. The number of halogens is 14. The first-order valence-corrected chi connectivity index (χ1v) is 8.04. The van der Waals surface area contributed by atoms with E-state index in [0.717, 1.165) is 0 Å². The third-order valence-corrected chi connectivity index (χ3v) is 4.55. The summed E-state index contributed by atoms with van der Waals surface area (Å²) < 4.78 is 192. The number of rotatable bonds is 10. The molecule has 2 saturated heterocycles. The molecule has 0 amide bonds. The molecule has 0 spiro atoms. The van der Waals surface area contributed by atoms with E-state index in [0.29, 0.717) is 0 Å². The van der Waals surface area contributed by atoms with Crippen molar-refractivity contribution in [3.63, 3.8) is 0 Å². The maximum Gasteiger partial charge on any atom is 0.459 e. The van der Waals surface area contributed by atoms with Crippen LogP contribution < -0.4 is 0 Å². The second-order valence-electron chi connectivity index (χ2n) is 7.34. The van der Waals surface area contributed by atoms with Crippen LogP contribution in [0, 0.1) is 0 Å². The number of alkyl halides is 14. The van der Waals surface area contributed by atoms with Crippen molar-refractivity contribution in [2.24, 2.45) is 0 Å². The van der Waals surface area contributed by atoms with E-state index in [2.05, 4.69) is 14.2 Å². The molecule has 2 atom stereocenters. The summed E-state index contributed by atoms with van der Waals surface area (Å²) in [6.45, 7) is -3.90. The fourth-order valence-electron chi connectivity index (χ4n) is 2.55. The molecule has 2 heterocycles. The van der Waals surface area contributed by atoms with E-state index < -0.39 is 86.5 Å². The zero-order valence-electron chi connectivity index (χ0n) is 14.8. The molecule has 2 aliphatic heterocycles. The molecule has 0 saturated carbocycles. The van der Waals surface area contributed by atoms with E-state index in [1.807, 2.05) is 0 Å². The van der Waals surface area contributed by atoms with Gasteiger partial charge in [0.2, 0.25) is 0 Å². The van der Waals surface area contributed by atoms with Gasteiger partial charge in [-0.25, -0.2) is 0 Å². The molecule has 0 aliphatic carbocycles. The summed E-state index contributed by atoms with van der Waals surface area (Å²) in [5.74, 6) is -24.2. The molecule has 0 bridgehead atoms. The Balaban J connectivity index is 1.96. The zero-order chi connectivity index (χ0) is 24.4. The lowest BCUT2D eigenvalue weighted by Gasteiger charge is -2.31. The predicted molar refractivity (Wildman–Crippen MR) is 69.3 cm³/mol. The third-order valence-electron chi connectivity index (χ3n) is 4.55. The summed E-state index contributed by atoms with van der Waals surface area (Å²) in [5.41, 5.74) is -4.74. The Morgan fingerprint density at radius 3 is 1.00 bits per heavy atom. The van der Waals surface area contributed by atoms with Gasteiger partial charge in [0.25, 0.3) is 0 Å². The summed E-state index contributed by atoms with van der Waals surface area (Å²) in [6, 6.07) is 0. The van der Waals surface area contributed by atoms with Crippen LogP contribution in [0.2, 0.25) is 0 Å². The molecule has 31 heavy (non-hydrogen) atoms. The average molecular weight is 494 g/mol. The standard InChI is InChI=1S/C14H12F14O3/c15-9(16,11(19,20)13(23,24)25)1-7(5-30-7)3-29-4-8(6-31-8)2-10(17,18)12(21,22)14(26,27)28/h1-6H2. The van der Waals surface area contributed by atoms with Crippen molar-refractivity contribution in [2.45, 2.75) is 60.1 Å². The van der Waals surface area contributed by atoms with Gasteiger partial charge in [-0.3, -0.25) is 0 Å². The Bertz CT molecular complexity index is 604. The van der Waals surface area contributed by atoms with E-state index in [1.165, 1.54) is 0 Å². The molecule has 0 aromatic heterocycles. The van der Waals surface area contributed by atoms with Crippen LogP contribution in [-0.4, -0.2) is 73.7 Å². The lowest BCUT2D eigenvalue weighted by Crippen LogP contribution is -2.54. The fraction of sp³-hybridized carbons (Fsp3) is 1.00. The molecule has 0 aromatic carbocycles. The first kappa shape index (κ1) is 26.2. The van der Waals surface area contributed by atoms with Crippen molar-refractivity contribution in [1.82, 2.24) is 0 Å². The van der Waals surface area contributed by atoms with Gasteiger partial charge in [-0.1, -0.05) is 0 Å². The van der Waals surface area contributed by atoms with E-state index in [-0.39, 0.29) is 0 Å². The van der Waals surface area contributed by atoms with Gasteiger partial charge in [-0.2, -0.15) is 61.5 Å². The van der Waals surface area contributed by atoms with Gasteiger partial charge in [-0.15, -0.1) is 0 Å². The third kappa shape index (κ3) is 4.96. The zero-order valence-corrected chi connectivity index (χ0v) is 14.8. The molecule has 0 radical (unpaired) electrons. The molecule has 2 aliphatic rings. The minimum absolute atomic E-state index is 0.785. The summed E-state index contributed by atoms with van der Waals surface area (Å²) >= 11 is 0. The van der Waals surface area contributed by atoms with Crippen LogP contribution in [0.3, 0.4) is 0 Å². The Kier molecular flexibility index (Phi) is 6.07. The number of epoxide rings is 2. The average Bonchev–Trinajstić information content (AvgIpc) is 3.44.